The molecular formula is C16H16N6O2. The third kappa shape index (κ3) is 2.66. The molecule has 0 radical (unpaired) electrons. The fourth-order valence-electron chi connectivity index (χ4n) is 2.66. The van der Waals surface area contributed by atoms with Gasteiger partial charge in [-0.05, 0) is 26.0 Å². The summed E-state index contributed by atoms with van der Waals surface area (Å²) < 4.78 is 12.3. The summed E-state index contributed by atoms with van der Waals surface area (Å²) in [5.74, 6) is 1.99. The second kappa shape index (κ2) is 5.88. The van der Waals surface area contributed by atoms with Crippen LogP contribution in [0, 0.1) is 13.8 Å². The van der Waals surface area contributed by atoms with Crippen LogP contribution in [0.1, 0.15) is 28.7 Å². The molecule has 1 aromatic carbocycles. The van der Waals surface area contributed by atoms with Crippen LogP contribution in [0.4, 0.5) is 0 Å². The van der Waals surface area contributed by atoms with E-state index in [-0.39, 0.29) is 0 Å². The molecule has 0 saturated carbocycles. The van der Waals surface area contributed by atoms with Gasteiger partial charge in [0.25, 0.3) is 0 Å². The van der Waals surface area contributed by atoms with Crippen molar-refractivity contribution in [3.05, 3.63) is 53.0 Å². The van der Waals surface area contributed by atoms with Crippen molar-refractivity contribution in [2.45, 2.75) is 33.2 Å². The first-order chi connectivity index (χ1) is 11.7. The molecule has 0 aliphatic rings. The first kappa shape index (κ1) is 14.6. The fourth-order valence-corrected chi connectivity index (χ4v) is 2.66. The predicted octanol–water partition coefficient (Wildman–Crippen LogP) is 2.25. The Hall–Kier alpha value is -3.03. The van der Waals surface area contributed by atoms with E-state index >= 15 is 0 Å². The summed E-state index contributed by atoms with van der Waals surface area (Å²) in [6.07, 6.45) is 1.15. The molecular weight excluding hydrogens is 308 g/mol. The minimum Gasteiger partial charge on any atom is -0.361 e. The maximum atomic E-state index is 5.33. The van der Waals surface area contributed by atoms with Gasteiger partial charge < -0.3 is 9.05 Å². The van der Waals surface area contributed by atoms with Crippen molar-refractivity contribution in [2.24, 2.45) is 0 Å². The van der Waals surface area contributed by atoms with E-state index in [0.717, 1.165) is 28.1 Å². The standard InChI is InChI=1S/C16H16N6O2/c1-10-12(11(2)23-19-10)9-16-17-15(20-24-16)7-8-22-14-6-4-3-5-13(14)18-21-22/h3-6H,7-9H2,1-2H3. The number of aryl methyl sites for hydroxylation is 4. The molecule has 3 heterocycles. The molecule has 122 valence electrons. The third-order valence-corrected chi connectivity index (χ3v) is 3.99. The highest BCUT2D eigenvalue weighted by atomic mass is 16.5. The van der Waals surface area contributed by atoms with Gasteiger partial charge in [-0.1, -0.05) is 27.7 Å². The smallest absolute Gasteiger partial charge is 0.231 e. The van der Waals surface area contributed by atoms with Crippen molar-refractivity contribution in [1.82, 2.24) is 30.3 Å². The highest BCUT2D eigenvalue weighted by Crippen LogP contribution is 2.16. The van der Waals surface area contributed by atoms with Crippen LogP contribution in [0.5, 0.6) is 0 Å². The normalized spacial score (nSPS) is 11.4. The van der Waals surface area contributed by atoms with E-state index in [1.54, 1.807) is 0 Å². The SMILES string of the molecule is Cc1noc(C)c1Cc1nc(CCn2nnc3ccccc32)no1. The minimum atomic E-state index is 0.528. The van der Waals surface area contributed by atoms with Gasteiger partial charge in [0.05, 0.1) is 24.2 Å². The largest absolute Gasteiger partial charge is 0.361 e. The lowest BCUT2D eigenvalue weighted by Crippen LogP contribution is -2.04. The van der Waals surface area contributed by atoms with Crippen molar-refractivity contribution in [2.75, 3.05) is 0 Å². The van der Waals surface area contributed by atoms with Crippen molar-refractivity contribution in [3.8, 4) is 0 Å². The Bertz CT molecular complexity index is 964. The summed E-state index contributed by atoms with van der Waals surface area (Å²) in [7, 11) is 0. The molecule has 0 amide bonds. The van der Waals surface area contributed by atoms with Crippen LogP contribution >= 0.6 is 0 Å². The van der Waals surface area contributed by atoms with Gasteiger partial charge in [0.15, 0.2) is 5.82 Å². The molecule has 0 saturated heterocycles. The number of para-hydroxylation sites is 1. The number of hydrogen-bond acceptors (Lipinski definition) is 7. The van der Waals surface area contributed by atoms with E-state index in [4.69, 9.17) is 9.05 Å². The van der Waals surface area contributed by atoms with Crippen molar-refractivity contribution < 1.29 is 9.05 Å². The zero-order valence-electron chi connectivity index (χ0n) is 13.4. The van der Waals surface area contributed by atoms with Gasteiger partial charge in [-0.25, -0.2) is 4.68 Å². The van der Waals surface area contributed by atoms with Gasteiger partial charge >= 0.3 is 0 Å². The topological polar surface area (TPSA) is 95.7 Å². The zero-order valence-corrected chi connectivity index (χ0v) is 13.4. The van der Waals surface area contributed by atoms with Crippen LogP contribution in [-0.2, 0) is 19.4 Å². The van der Waals surface area contributed by atoms with Crippen molar-refractivity contribution in [3.63, 3.8) is 0 Å². The summed E-state index contributed by atoms with van der Waals surface area (Å²) in [5, 5.41) is 16.3. The molecule has 0 N–H and O–H groups in total. The van der Waals surface area contributed by atoms with Gasteiger partial charge in [0.1, 0.15) is 11.3 Å². The average molecular weight is 324 g/mol. The first-order valence-electron chi connectivity index (χ1n) is 7.72. The Kier molecular flexibility index (Phi) is 3.56. The molecule has 0 aliphatic carbocycles. The molecule has 0 atom stereocenters. The molecule has 4 aromatic rings. The quantitative estimate of drug-likeness (QED) is 0.555. The zero-order chi connectivity index (χ0) is 16.5. The molecule has 3 aromatic heterocycles. The molecule has 0 unspecified atom stereocenters. The Labute approximate surface area is 137 Å². The summed E-state index contributed by atoms with van der Waals surface area (Å²) >= 11 is 0. The van der Waals surface area contributed by atoms with Gasteiger partial charge in [-0.3, -0.25) is 0 Å². The number of hydrogen-bond donors (Lipinski definition) is 0. The highest BCUT2D eigenvalue weighted by Gasteiger charge is 2.14. The van der Waals surface area contributed by atoms with Crippen molar-refractivity contribution in [1.29, 1.82) is 0 Å². The average Bonchev–Trinajstić information content (AvgIpc) is 3.29. The van der Waals surface area contributed by atoms with Gasteiger partial charge in [0.2, 0.25) is 5.89 Å². The Morgan fingerprint density at radius 2 is 1.96 bits per heavy atom. The number of rotatable bonds is 5. The first-order valence-corrected chi connectivity index (χ1v) is 7.72. The van der Waals surface area contributed by atoms with Crippen LogP contribution < -0.4 is 0 Å². The van der Waals surface area contributed by atoms with Gasteiger partial charge in [-0.2, -0.15) is 4.98 Å². The van der Waals surface area contributed by atoms with E-state index in [9.17, 15) is 0 Å². The molecule has 0 bridgehead atoms. The Morgan fingerprint density at radius 1 is 1.08 bits per heavy atom. The van der Waals surface area contributed by atoms with Crippen LogP contribution in [0.3, 0.4) is 0 Å². The fraction of sp³-hybridized carbons (Fsp3) is 0.312. The number of aromatic nitrogens is 6. The molecule has 8 nitrogen and oxygen atoms in total. The monoisotopic (exact) mass is 324 g/mol. The molecule has 0 spiro atoms. The predicted molar refractivity (Wildman–Crippen MR) is 84.3 cm³/mol. The molecule has 24 heavy (non-hydrogen) atoms. The van der Waals surface area contributed by atoms with E-state index < -0.39 is 0 Å². The lowest BCUT2D eigenvalue weighted by molar-refractivity contribution is 0.375. The van der Waals surface area contributed by atoms with Crippen LogP contribution in [-0.4, -0.2) is 30.3 Å². The van der Waals surface area contributed by atoms with E-state index in [1.165, 1.54) is 0 Å². The molecule has 4 rings (SSSR count). The van der Waals surface area contributed by atoms with Crippen LogP contribution in [0.25, 0.3) is 11.0 Å². The Balaban J connectivity index is 1.46. The summed E-state index contributed by atoms with van der Waals surface area (Å²) in [4.78, 5) is 4.44. The molecule has 0 fully saturated rings. The second-order valence-corrected chi connectivity index (χ2v) is 5.64. The number of benzene rings is 1. The lowest BCUT2D eigenvalue weighted by Gasteiger charge is -1.98. The molecule has 0 aliphatic heterocycles. The summed E-state index contributed by atoms with van der Waals surface area (Å²) in [5.41, 5.74) is 3.72. The van der Waals surface area contributed by atoms with E-state index in [0.29, 0.717) is 31.1 Å². The number of nitrogens with zero attached hydrogens (tertiary/aromatic N) is 6. The number of fused-ring (bicyclic) bond motifs is 1. The second-order valence-electron chi connectivity index (χ2n) is 5.64. The lowest BCUT2D eigenvalue weighted by atomic mass is 10.1. The highest BCUT2D eigenvalue weighted by molar-refractivity contribution is 5.73. The van der Waals surface area contributed by atoms with E-state index in [1.807, 2.05) is 42.8 Å². The maximum Gasteiger partial charge on any atom is 0.231 e. The summed E-state index contributed by atoms with van der Waals surface area (Å²) in [6, 6.07) is 7.85. The van der Waals surface area contributed by atoms with Crippen LogP contribution in [0.2, 0.25) is 0 Å². The molecule has 8 heteroatoms. The van der Waals surface area contributed by atoms with Crippen LogP contribution in [0.15, 0.2) is 33.3 Å². The summed E-state index contributed by atoms with van der Waals surface area (Å²) in [6.45, 7) is 4.42. The minimum absolute atomic E-state index is 0.528. The van der Waals surface area contributed by atoms with Gasteiger partial charge in [-0.15, -0.1) is 5.10 Å². The van der Waals surface area contributed by atoms with Crippen molar-refractivity contribution >= 4 is 11.0 Å². The third-order valence-electron chi connectivity index (χ3n) is 3.99. The Morgan fingerprint density at radius 3 is 2.79 bits per heavy atom. The van der Waals surface area contributed by atoms with Gasteiger partial charge in [0, 0.05) is 12.0 Å². The maximum absolute atomic E-state index is 5.33. The van der Waals surface area contributed by atoms with E-state index in [2.05, 4.69) is 25.6 Å².